The molecule has 8 nitrogen and oxygen atoms in total. The maximum absolute atomic E-state index is 11.7. The molecule has 1 heterocycles. The molecule has 3 rings (SSSR count). The first kappa shape index (κ1) is 21.9. The summed E-state index contributed by atoms with van der Waals surface area (Å²) in [5, 5.41) is 23.0. The fraction of sp³-hybridized carbons (Fsp3) is 0.455. The van der Waals surface area contributed by atoms with Gasteiger partial charge in [-0.1, -0.05) is 19.1 Å². The molecule has 0 amide bonds. The standard InChI is InChI=1S/C22H28N4O4/c1-3-17-16-19(9-10-20(17)25(27)28)22-18(6-4-8-21(22)26(29)30)7-5-11-24-14-12-23(2)13-15-24/h4,6,8-10,16H,3,5,7,11-15H2,1-2H3. The highest BCUT2D eigenvalue weighted by Crippen LogP contribution is 2.36. The van der Waals surface area contributed by atoms with Crippen LogP contribution in [0.5, 0.6) is 0 Å². The highest BCUT2D eigenvalue weighted by molar-refractivity contribution is 5.78. The lowest BCUT2D eigenvalue weighted by molar-refractivity contribution is -0.385. The van der Waals surface area contributed by atoms with Crippen molar-refractivity contribution in [1.82, 2.24) is 9.80 Å². The Kier molecular flexibility index (Phi) is 7.12. The average Bonchev–Trinajstić information content (AvgIpc) is 2.74. The summed E-state index contributed by atoms with van der Waals surface area (Å²) >= 11 is 0. The molecule has 2 aromatic carbocycles. The van der Waals surface area contributed by atoms with Crippen LogP contribution in [-0.2, 0) is 12.8 Å². The number of nitro benzene ring substituents is 2. The van der Waals surface area contributed by atoms with E-state index in [0.29, 0.717) is 23.1 Å². The van der Waals surface area contributed by atoms with Gasteiger partial charge in [0.1, 0.15) is 0 Å². The Bertz CT molecular complexity index is 923. The molecule has 0 unspecified atom stereocenters. The van der Waals surface area contributed by atoms with Gasteiger partial charge >= 0.3 is 0 Å². The van der Waals surface area contributed by atoms with Crippen LogP contribution in [0.25, 0.3) is 11.1 Å². The Morgan fingerprint density at radius 2 is 1.63 bits per heavy atom. The van der Waals surface area contributed by atoms with Crippen LogP contribution >= 0.6 is 0 Å². The topological polar surface area (TPSA) is 92.8 Å². The minimum Gasteiger partial charge on any atom is -0.304 e. The molecule has 8 heteroatoms. The summed E-state index contributed by atoms with van der Waals surface area (Å²) in [4.78, 5) is 27.0. The predicted molar refractivity (Wildman–Crippen MR) is 117 cm³/mol. The molecule has 1 aliphatic rings. The van der Waals surface area contributed by atoms with Crippen molar-refractivity contribution in [2.45, 2.75) is 26.2 Å². The number of nitro groups is 2. The van der Waals surface area contributed by atoms with Crippen molar-refractivity contribution in [3.8, 4) is 11.1 Å². The number of hydrogen-bond acceptors (Lipinski definition) is 6. The Morgan fingerprint density at radius 1 is 0.933 bits per heavy atom. The van der Waals surface area contributed by atoms with Crippen LogP contribution in [0.3, 0.4) is 0 Å². The fourth-order valence-corrected chi connectivity index (χ4v) is 4.05. The fourth-order valence-electron chi connectivity index (χ4n) is 4.05. The lowest BCUT2D eigenvalue weighted by Gasteiger charge is -2.32. The van der Waals surface area contributed by atoms with Crippen LogP contribution in [0, 0.1) is 20.2 Å². The third-order valence-corrected chi connectivity index (χ3v) is 5.79. The largest absolute Gasteiger partial charge is 0.304 e. The molecule has 1 aliphatic heterocycles. The molecular weight excluding hydrogens is 384 g/mol. The molecule has 0 bridgehead atoms. The Morgan fingerprint density at radius 3 is 2.27 bits per heavy atom. The second kappa shape index (κ2) is 9.77. The molecule has 0 aromatic heterocycles. The van der Waals surface area contributed by atoms with Crippen LogP contribution in [0.1, 0.15) is 24.5 Å². The number of rotatable bonds is 8. The summed E-state index contributed by atoms with van der Waals surface area (Å²) in [6.45, 7) is 7.01. The number of benzene rings is 2. The molecule has 0 saturated carbocycles. The van der Waals surface area contributed by atoms with Crippen molar-refractivity contribution in [2.24, 2.45) is 0 Å². The first-order chi connectivity index (χ1) is 14.4. The number of hydrogen-bond donors (Lipinski definition) is 0. The van der Waals surface area contributed by atoms with Gasteiger partial charge in [-0.25, -0.2) is 0 Å². The van der Waals surface area contributed by atoms with Crippen LogP contribution in [-0.4, -0.2) is 59.4 Å². The molecule has 1 saturated heterocycles. The van der Waals surface area contributed by atoms with Gasteiger partial charge in [-0.3, -0.25) is 20.2 Å². The van der Waals surface area contributed by atoms with Gasteiger partial charge in [-0.05, 0) is 56.1 Å². The van der Waals surface area contributed by atoms with Gasteiger partial charge in [0.05, 0.1) is 15.4 Å². The quantitative estimate of drug-likeness (QED) is 0.482. The van der Waals surface area contributed by atoms with E-state index in [4.69, 9.17) is 0 Å². The van der Waals surface area contributed by atoms with Crippen LogP contribution in [0.15, 0.2) is 36.4 Å². The van der Waals surface area contributed by atoms with E-state index in [1.807, 2.05) is 13.0 Å². The second-order valence-electron chi connectivity index (χ2n) is 7.77. The molecule has 0 aliphatic carbocycles. The first-order valence-corrected chi connectivity index (χ1v) is 10.4. The minimum absolute atomic E-state index is 0.0444. The lowest BCUT2D eigenvalue weighted by atomic mass is 9.93. The van der Waals surface area contributed by atoms with Crippen LogP contribution in [0.4, 0.5) is 11.4 Å². The van der Waals surface area contributed by atoms with Crippen molar-refractivity contribution in [3.63, 3.8) is 0 Å². The van der Waals surface area contributed by atoms with Crippen molar-refractivity contribution in [2.75, 3.05) is 39.8 Å². The summed E-state index contributed by atoms with van der Waals surface area (Å²) in [6.07, 6.45) is 2.12. The zero-order valence-electron chi connectivity index (χ0n) is 17.5. The van der Waals surface area contributed by atoms with E-state index in [1.54, 1.807) is 18.2 Å². The summed E-state index contributed by atoms with van der Waals surface area (Å²) in [7, 11) is 2.13. The maximum Gasteiger partial charge on any atom is 0.277 e. The summed E-state index contributed by atoms with van der Waals surface area (Å²) in [5.41, 5.74) is 2.83. The normalized spacial score (nSPS) is 15.3. The van der Waals surface area contributed by atoms with Gasteiger partial charge in [-0.15, -0.1) is 0 Å². The van der Waals surface area contributed by atoms with E-state index >= 15 is 0 Å². The maximum atomic E-state index is 11.7. The molecule has 30 heavy (non-hydrogen) atoms. The van der Waals surface area contributed by atoms with Gasteiger partial charge in [-0.2, -0.15) is 0 Å². The van der Waals surface area contributed by atoms with Crippen molar-refractivity contribution < 1.29 is 9.85 Å². The number of likely N-dealkylation sites (N-methyl/N-ethyl adjacent to an activating group) is 1. The third kappa shape index (κ3) is 5.01. The van der Waals surface area contributed by atoms with Crippen molar-refractivity contribution in [1.29, 1.82) is 0 Å². The van der Waals surface area contributed by atoms with Crippen LogP contribution in [0.2, 0.25) is 0 Å². The van der Waals surface area contributed by atoms with E-state index in [0.717, 1.165) is 51.1 Å². The molecule has 0 N–H and O–H groups in total. The van der Waals surface area contributed by atoms with Crippen molar-refractivity contribution in [3.05, 3.63) is 67.8 Å². The van der Waals surface area contributed by atoms with E-state index in [-0.39, 0.29) is 16.3 Å². The molecule has 1 fully saturated rings. The second-order valence-corrected chi connectivity index (χ2v) is 7.77. The minimum atomic E-state index is -0.404. The van der Waals surface area contributed by atoms with Crippen molar-refractivity contribution >= 4 is 11.4 Å². The Labute approximate surface area is 176 Å². The number of aryl methyl sites for hydroxylation is 2. The third-order valence-electron chi connectivity index (χ3n) is 5.79. The summed E-state index contributed by atoms with van der Waals surface area (Å²) in [6, 6.07) is 9.97. The van der Waals surface area contributed by atoms with E-state index < -0.39 is 4.92 Å². The molecular formula is C22H28N4O4. The van der Waals surface area contributed by atoms with Gasteiger partial charge in [0.25, 0.3) is 11.4 Å². The lowest BCUT2D eigenvalue weighted by Crippen LogP contribution is -2.44. The average molecular weight is 412 g/mol. The number of piperazine rings is 1. The van der Waals surface area contributed by atoms with Gasteiger partial charge < -0.3 is 9.80 Å². The van der Waals surface area contributed by atoms with E-state index in [1.165, 1.54) is 12.1 Å². The van der Waals surface area contributed by atoms with E-state index in [9.17, 15) is 20.2 Å². The van der Waals surface area contributed by atoms with Gasteiger partial charge in [0.15, 0.2) is 0 Å². The zero-order valence-corrected chi connectivity index (χ0v) is 17.5. The monoisotopic (exact) mass is 412 g/mol. The predicted octanol–water partition coefficient (Wildman–Crippen LogP) is 3.91. The first-order valence-electron chi connectivity index (χ1n) is 10.4. The Balaban J connectivity index is 1.87. The molecule has 0 spiro atoms. The smallest absolute Gasteiger partial charge is 0.277 e. The highest BCUT2D eigenvalue weighted by atomic mass is 16.6. The van der Waals surface area contributed by atoms with E-state index in [2.05, 4.69) is 16.8 Å². The summed E-state index contributed by atoms with van der Waals surface area (Å²) < 4.78 is 0. The zero-order chi connectivity index (χ0) is 21.7. The number of nitrogens with zero attached hydrogens (tertiary/aromatic N) is 4. The van der Waals surface area contributed by atoms with Crippen LogP contribution < -0.4 is 0 Å². The Hall–Kier alpha value is -2.84. The molecule has 2 aromatic rings. The SMILES string of the molecule is CCc1cc(-c2c(CCCN3CCN(C)CC3)cccc2[N+](=O)[O-])ccc1[N+](=O)[O-]. The van der Waals surface area contributed by atoms with Gasteiger partial charge in [0.2, 0.25) is 0 Å². The molecule has 0 atom stereocenters. The highest BCUT2D eigenvalue weighted by Gasteiger charge is 2.22. The van der Waals surface area contributed by atoms with Gasteiger partial charge in [0, 0.05) is 43.9 Å². The molecule has 0 radical (unpaired) electrons. The molecule has 160 valence electrons. The summed E-state index contributed by atoms with van der Waals surface area (Å²) in [5.74, 6) is 0.